The molecule has 330 valence electrons. The van der Waals surface area contributed by atoms with Crippen molar-refractivity contribution in [2.75, 3.05) is 64.6 Å². The second-order valence-electron chi connectivity index (χ2n) is 19.1. The molecule has 4 aliphatic heterocycles. The number of cyclic esters (lactones) is 1. The van der Waals surface area contributed by atoms with Gasteiger partial charge in [-0.2, -0.15) is 0 Å². The quantitative estimate of drug-likeness (QED) is 0.221. The summed E-state index contributed by atoms with van der Waals surface area (Å²) in [6.07, 6.45) is 6.42. The van der Waals surface area contributed by atoms with Gasteiger partial charge in [0.25, 0.3) is 5.91 Å². The fourth-order valence-electron chi connectivity index (χ4n) is 10.5. The molecule has 3 aromatic heterocycles. The van der Waals surface area contributed by atoms with Gasteiger partial charge in [0.05, 0.1) is 59.9 Å². The van der Waals surface area contributed by atoms with Gasteiger partial charge in [-0.1, -0.05) is 19.9 Å². The van der Waals surface area contributed by atoms with E-state index in [-0.39, 0.29) is 54.7 Å². The topological polar surface area (TPSA) is 143 Å². The Labute approximate surface area is 367 Å². The van der Waals surface area contributed by atoms with Gasteiger partial charge in [0.15, 0.2) is 0 Å². The van der Waals surface area contributed by atoms with Crippen molar-refractivity contribution in [2.45, 2.75) is 97.0 Å². The Hall–Kier alpha value is -4.41. The summed E-state index contributed by atoms with van der Waals surface area (Å²) in [5.41, 5.74) is 10.9. The van der Waals surface area contributed by atoms with E-state index < -0.39 is 17.5 Å². The first-order valence-corrected chi connectivity index (χ1v) is 23.6. The summed E-state index contributed by atoms with van der Waals surface area (Å²) in [6, 6.07) is 8.11. The van der Waals surface area contributed by atoms with E-state index in [1.165, 1.54) is 29.2 Å². The van der Waals surface area contributed by atoms with Gasteiger partial charge >= 0.3 is 5.97 Å². The summed E-state index contributed by atoms with van der Waals surface area (Å²) in [5.74, 6) is -0.521. The lowest BCUT2D eigenvalue weighted by Crippen LogP contribution is -2.60. The first-order chi connectivity index (χ1) is 30.0. The van der Waals surface area contributed by atoms with Gasteiger partial charge in [0.1, 0.15) is 12.1 Å². The molecule has 15 heteroatoms. The van der Waals surface area contributed by atoms with E-state index in [1.807, 2.05) is 6.20 Å². The van der Waals surface area contributed by atoms with E-state index in [4.69, 9.17) is 24.2 Å². The molecule has 2 saturated carbocycles. The first kappa shape index (κ1) is 41.6. The highest BCUT2D eigenvalue weighted by atomic mass is 32.1. The molecule has 10 rings (SSSR count). The van der Waals surface area contributed by atoms with Crippen molar-refractivity contribution in [1.29, 1.82) is 0 Å². The van der Waals surface area contributed by atoms with Crippen LogP contribution in [0.3, 0.4) is 0 Å². The average Bonchev–Trinajstić information content (AvgIpc) is 4.11. The number of benzene rings is 1. The SMILES string of the molecule is CCn1c(-c2cc(N3CCN(C4CC4)CC3)cnc2[C@H](C)OC)c2c3cc(ccc31)-c1csc(n1)C[C@@H](NC(=O)C1[C@H]3COC[C@@H]13)C(=O)N1CCC[C@H](N1)C(=O)OCC(C)(C)C2. The predicted octanol–water partition coefficient (Wildman–Crippen LogP) is 5.38. The first-order valence-electron chi connectivity index (χ1n) is 22.7. The number of fused-ring (bicyclic) bond motifs is 7. The number of hydrogen-bond donors (Lipinski definition) is 2. The molecular weight excluding hydrogens is 805 g/mol. The summed E-state index contributed by atoms with van der Waals surface area (Å²) >= 11 is 1.49. The zero-order valence-corrected chi connectivity index (χ0v) is 37.5. The van der Waals surface area contributed by atoms with Crippen LogP contribution in [-0.2, 0) is 48.0 Å². The molecule has 2 aliphatic carbocycles. The van der Waals surface area contributed by atoms with Gasteiger partial charge in [-0.3, -0.25) is 29.3 Å². The largest absolute Gasteiger partial charge is 0.464 e. The van der Waals surface area contributed by atoms with Crippen LogP contribution in [0.25, 0.3) is 33.4 Å². The van der Waals surface area contributed by atoms with Crippen molar-refractivity contribution < 1.29 is 28.6 Å². The van der Waals surface area contributed by atoms with Crippen molar-refractivity contribution >= 4 is 45.7 Å². The maximum atomic E-state index is 14.3. The van der Waals surface area contributed by atoms with Gasteiger partial charge in [-0.05, 0) is 81.5 Å². The predicted molar refractivity (Wildman–Crippen MR) is 237 cm³/mol. The fourth-order valence-corrected chi connectivity index (χ4v) is 11.3. The molecule has 6 atom stereocenters. The molecule has 1 aromatic carbocycles. The van der Waals surface area contributed by atoms with Gasteiger partial charge in [0, 0.05) is 97.6 Å². The van der Waals surface area contributed by atoms with E-state index in [1.54, 1.807) is 7.11 Å². The summed E-state index contributed by atoms with van der Waals surface area (Å²) in [7, 11) is 1.74. The van der Waals surface area contributed by atoms with Crippen LogP contribution < -0.4 is 15.6 Å². The lowest BCUT2D eigenvalue weighted by molar-refractivity contribution is -0.155. The molecule has 0 spiro atoms. The third-order valence-corrected chi connectivity index (χ3v) is 15.1. The highest BCUT2D eigenvalue weighted by molar-refractivity contribution is 7.10. The lowest BCUT2D eigenvalue weighted by atomic mass is 9.84. The summed E-state index contributed by atoms with van der Waals surface area (Å²) < 4.78 is 20.1. The van der Waals surface area contributed by atoms with Crippen molar-refractivity contribution in [2.24, 2.45) is 23.2 Å². The number of anilines is 1. The number of thiazole rings is 1. The van der Waals surface area contributed by atoms with E-state index in [0.29, 0.717) is 39.0 Å². The van der Waals surface area contributed by atoms with Gasteiger partial charge in [-0.25, -0.2) is 10.4 Å². The average molecular weight is 865 g/mol. The minimum atomic E-state index is -0.853. The number of nitrogens with zero attached hydrogens (tertiary/aromatic N) is 6. The van der Waals surface area contributed by atoms with Crippen LogP contribution in [0, 0.1) is 23.2 Å². The molecule has 1 unspecified atom stereocenters. The van der Waals surface area contributed by atoms with Crippen molar-refractivity contribution in [3.8, 4) is 22.5 Å². The van der Waals surface area contributed by atoms with Crippen LogP contribution in [-0.4, -0.2) is 120 Å². The van der Waals surface area contributed by atoms with E-state index >= 15 is 0 Å². The Balaban J connectivity index is 1.06. The number of piperazine rings is 1. The fraction of sp³-hybridized carbons (Fsp3) is 0.596. The Bertz CT molecular complexity index is 2360. The van der Waals surface area contributed by atoms with Gasteiger partial charge < -0.3 is 29.0 Å². The minimum Gasteiger partial charge on any atom is -0.464 e. The summed E-state index contributed by atoms with van der Waals surface area (Å²) in [4.78, 5) is 57.2. The van der Waals surface area contributed by atoms with Crippen molar-refractivity contribution in [1.82, 2.24) is 35.2 Å². The second-order valence-corrected chi connectivity index (χ2v) is 20.0. The second kappa shape index (κ2) is 16.6. The summed E-state index contributed by atoms with van der Waals surface area (Å²) in [5, 5.41) is 8.52. The van der Waals surface area contributed by atoms with Crippen LogP contribution in [0.4, 0.5) is 5.69 Å². The highest BCUT2D eigenvalue weighted by Gasteiger charge is 2.58. The summed E-state index contributed by atoms with van der Waals surface area (Å²) in [6.45, 7) is 15.1. The Kier molecular flexibility index (Phi) is 11.1. The molecule has 14 nitrogen and oxygen atoms in total. The van der Waals surface area contributed by atoms with Crippen LogP contribution in [0.15, 0.2) is 35.8 Å². The molecule has 2 N–H and O–H groups in total. The third-order valence-electron chi connectivity index (χ3n) is 14.2. The number of esters is 1. The molecular formula is C47H60N8O6S. The number of nitrogens with one attached hydrogen (secondary N) is 2. The van der Waals surface area contributed by atoms with E-state index in [0.717, 1.165) is 94.1 Å². The van der Waals surface area contributed by atoms with Crippen LogP contribution in [0.1, 0.15) is 75.7 Å². The molecule has 4 aromatic rings. The maximum Gasteiger partial charge on any atom is 0.324 e. The number of ether oxygens (including phenoxy) is 3. The molecule has 6 aliphatic rings. The van der Waals surface area contributed by atoms with E-state index in [9.17, 15) is 14.4 Å². The number of hydrazine groups is 1. The van der Waals surface area contributed by atoms with Crippen molar-refractivity contribution in [3.05, 3.63) is 52.1 Å². The molecule has 3 saturated heterocycles. The monoisotopic (exact) mass is 864 g/mol. The zero-order chi connectivity index (χ0) is 42.9. The molecule has 6 bridgehead atoms. The van der Waals surface area contributed by atoms with Crippen LogP contribution in [0.5, 0.6) is 0 Å². The third kappa shape index (κ3) is 7.92. The molecule has 0 radical (unpaired) electrons. The normalized spacial score (nSPS) is 27.1. The number of aromatic nitrogens is 3. The number of methoxy groups -OCH3 is 1. The lowest BCUT2D eigenvalue weighted by Gasteiger charge is -2.36. The molecule has 7 heterocycles. The van der Waals surface area contributed by atoms with Gasteiger partial charge in [0.2, 0.25) is 5.91 Å². The standard InChI is InChI=1S/C47H60N8O6S/c1-6-54-39-12-9-28-18-31(39)33(43(54)32-19-30(22-48-42(32)27(2)59-5)53-16-14-52(15-17-53)29-10-11-29)21-47(3,4)26-61-46(58)36-8-7-13-55(51-36)45(57)37(20-40-49-38(28)25-62-40)50-44(56)41-34-23-60-24-35(34)41/h9,12,18-19,22,25,27,29,34-37,41,51H,6-8,10-11,13-17,20-21,23-24,26H2,1-5H3,(H,50,56)/t27-,34-,35+,36-,37+,41?/m0/s1. The minimum absolute atomic E-state index is 0.120. The van der Waals surface area contributed by atoms with E-state index in [2.05, 4.69) is 82.4 Å². The Morgan fingerprint density at radius 2 is 1.87 bits per heavy atom. The molecule has 62 heavy (non-hydrogen) atoms. The number of rotatable bonds is 8. The molecule has 2 amide bonds. The highest BCUT2D eigenvalue weighted by Crippen LogP contribution is 2.51. The Morgan fingerprint density at radius 3 is 2.61 bits per heavy atom. The number of pyridine rings is 1. The van der Waals surface area contributed by atoms with Crippen LogP contribution in [0.2, 0.25) is 0 Å². The van der Waals surface area contributed by atoms with Crippen molar-refractivity contribution in [3.63, 3.8) is 0 Å². The molecule has 5 fully saturated rings. The number of amides is 2. The van der Waals surface area contributed by atoms with Crippen LogP contribution >= 0.6 is 11.3 Å². The Morgan fingerprint density at radius 1 is 1.08 bits per heavy atom. The maximum absolute atomic E-state index is 14.3. The van der Waals surface area contributed by atoms with Gasteiger partial charge in [-0.15, -0.1) is 11.3 Å². The number of carbonyl (C=O) groups excluding carboxylic acids is 3. The zero-order valence-electron chi connectivity index (χ0n) is 36.7. The number of aryl methyl sites for hydroxylation is 1. The smallest absolute Gasteiger partial charge is 0.324 e. The number of hydrogen-bond acceptors (Lipinski definition) is 12. The number of carbonyl (C=O) groups is 3.